The van der Waals surface area contributed by atoms with E-state index in [1.807, 2.05) is 24.7 Å². The van der Waals surface area contributed by atoms with Gasteiger partial charge in [-0.15, -0.1) is 0 Å². The molecule has 2 aromatic rings. The van der Waals surface area contributed by atoms with Gasteiger partial charge >= 0.3 is 0 Å². The van der Waals surface area contributed by atoms with Crippen LogP contribution in [0, 0.1) is 6.92 Å². The number of carbonyl (C=O) groups is 1. The van der Waals surface area contributed by atoms with Crippen LogP contribution in [0.3, 0.4) is 0 Å². The van der Waals surface area contributed by atoms with Gasteiger partial charge < -0.3 is 14.9 Å². The van der Waals surface area contributed by atoms with Crippen molar-refractivity contribution in [2.24, 2.45) is 0 Å². The molecule has 0 spiro atoms. The molecule has 8 nitrogen and oxygen atoms in total. The van der Waals surface area contributed by atoms with Crippen LogP contribution < -0.4 is 5.32 Å². The largest absolute Gasteiger partial charge is 0.393 e. The van der Waals surface area contributed by atoms with E-state index in [4.69, 9.17) is 4.52 Å². The second-order valence-electron chi connectivity index (χ2n) is 6.74. The van der Waals surface area contributed by atoms with Gasteiger partial charge in [-0.2, -0.15) is 5.10 Å². The zero-order valence-electron chi connectivity index (χ0n) is 14.7. The molecule has 3 heterocycles. The highest BCUT2D eigenvalue weighted by Crippen LogP contribution is 2.14. The van der Waals surface area contributed by atoms with E-state index in [0.29, 0.717) is 18.8 Å². The molecule has 0 bridgehead atoms. The summed E-state index contributed by atoms with van der Waals surface area (Å²) in [6, 6.07) is 1.74. The number of hydrogen-bond donors (Lipinski definition) is 2. The highest BCUT2D eigenvalue weighted by molar-refractivity contribution is 5.92. The summed E-state index contributed by atoms with van der Waals surface area (Å²) in [6.45, 7) is 6.69. The molecule has 136 valence electrons. The first kappa shape index (κ1) is 17.6. The number of piperidine rings is 1. The van der Waals surface area contributed by atoms with Crippen LogP contribution in [0.4, 0.5) is 0 Å². The number of amides is 1. The molecule has 2 aromatic heterocycles. The predicted octanol–water partition coefficient (Wildman–Crippen LogP) is 1.13. The molecule has 25 heavy (non-hydrogen) atoms. The number of likely N-dealkylation sites (tertiary alicyclic amines) is 1. The number of aliphatic hydroxyl groups excluding tert-OH is 1. The second-order valence-corrected chi connectivity index (χ2v) is 6.74. The Kier molecular flexibility index (Phi) is 5.50. The Balaban J connectivity index is 1.48. The Morgan fingerprint density at radius 2 is 2.24 bits per heavy atom. The van der Waals surface area contributed by atoms with E-state index in [1.165, 1.54) is 0 Å². The SMILES string of the molecule is Cc1cnn(C(C)CNC(=O)c2cc(CN3CCC(O)CC3)on2)c1. The number of carbonyl (C=O) groups excluding carboxylic acids is 1. The van der Waals surface area contributed by atoms with Gasteiger partial charge in [-0.1, -0.05) is 5.16 Å². The maximum atomic E-state index is 12.2. The van der Waals surface area contributed by atoms with Crippen molar-refractivity contribution in [3.05, 3.63) is 35.5 Å². The lowest BCUT2D eigenvalue weighted by molar-refractivity contribution is 0.0748. The van der Waals surface area contributed by atoms with Crippen molar-refractivity contribution >= 4 is 5.91 Å². The van der Waals surface area contributed by atoms with E-state index in [-0.39, 0.29) is 23.7 Å². The first-order valence-corrected chi connectivity index (χ1v) is 8.66. The third-order valence-electron chi connectivity index (χ3n) is 4.47. The molecule has 1 aliphatic rings. The number of aryl methyl sites for hydroxylation is 1. The minimum absolute atomic E-state index is 0.0591. The molecular weight excluding hydrogens is 322 g/mol. The van der Waals surface area contributed by atoms with E-state index >= 15 is 0 Å². The summed E-state index contributed by atoms with van der Waals surface area (Å²) in [4.78, 5) is 14.4. The zero-order valence-corrected chi connectivity index (χ0v) is 14.7. The molecule has 1 aliphatic heterocycles. The van der Waals surface area contributed by atoms with Crippen LogP contribution in [0.1, 0.15) is 47.6 Å². The van der Waals surface area contributed by atoms with Crippen LogP contribution in [0.2, 0.25) is 0 Å². The lowest BCUT2D eigenvalue weighted by Crippen LogP contribution is -2.35. The van der Waals surface area contributed by atoms with Crippen LogP contribution in [0.15, 0.2) is 23.0 Å². The van der Waals surface area contributed by atoms with Gasteiger partial charge in [-0.25, -0.2) is 0 Å². The Bertz CT molecular complexity index is 703. The summed E-state index contributed by atoms with van der Waals surface area (Å²) in [7, 11) is 0. The number of rotatable bonds is 6. The zero-order chi connectivity index (χ0) is 17.8. The summed E-state index contributed by atoms with van der Waals surface area (Å²) in [5, 5.41) is 20.5. The Hall–Kier alpha value is -2.19. The average molecular weight is 347 g/mol. The Labute approximate surface area is 146 Å². The molecule has 1 fully saturated rings. The molecule has 3 rings (SSSR count). The van der Waals surface area contributed by atoms with E-state index in [2.05, 4.69) is 20.5 Å². The highest BCUT2D eigenvalue weighted by atomic mass is 16.5. The standard InChI is InChI=1S/C17H25N5O3/c1-12-8-19-22(10-12)13(2)9-18-17(24)16-7-15(25-20-16)11-21-5-3-14(23)4-6-21/h7-8,10,13-14,23H,3-6,9,11H2,1-2H3,(H,18,24). The molecule has 0 aromatic carbocycles. The smallest absolute Gasteiger partial charge is 0.273 e. The van der Waals surface area contributed by atoms with E-state index in [0.717, 1.165) is 31.5 Å². The van der Waals surface area contributed by atoms with Gasteiger partial charge in [0.25, 0.3) is 5.91 Å². The molecule has 0 aliphatic carbocycles. The quantitative estimate of drug-likeness (QED) is 0.813. The van der Waals surface area contributed by atoms with Crippen molar-refractivity contribution in [1.82, 2.24) is 25.2 Å². The number of hydrogen-bond acceptors (Lipinski definition) is 6. The van der Waals surface area contributed by atoms with Crippen molar-refractivity contribution in [2.45, 2.75) is 45.4 Å². The van der Waals surface area contributed by atoms with Crippen LogP contribution in [-0.4, -0.2) is 56.6 Å². The van der Waals surface area contributed by atoms with Gasteiger partial charge in [-0.05, 0) is 32.3 Å². The highest BCUT2D eigenvalue weighted by Gasteiger charge is 2.20. The van der Waals surface area contributed by atoms with Gasteiger partial charge in [0.15, 0.2) is 11.5 Å². The van der Waals surface area contributed by atoms with E-state index < -0.39 is 0 Å². The van der Waals surface area contributed by atoms with Crippen molar-refractivity contribution in [3.63, 3.8) is 0 Å². The van der Waals surface area contributed by atoms with E-state index in [9.17, 15) is 9.90 Å². The monoisotopic (exact) mass is 347 g/mol. The molecule has 1 amide bonds. The van der Waals surface area contributed by atoms with Crippen molar-refractivity contribution in [3.8, 4) is 0 Å². The molecular formula is C17H25N5O3. The van der Waals surface area contributed by atoms with Gasteiger partial charge in [0.2, 0.25) is 0 Å². The second kappa shape index (κ2) is 7.79. The molecule has 1 atom stereocenters. The van der Waals surface area contributed by atoms with Gasteiger partial charge in [0, 0.05) is 31.9 Å². The fourth-order valence-electron chi connectivity index (χ4n) is 2.89. The van der Waals surface area contributed by atoms with Crippen LogP contribution in [0.25, 0.3) is 0 Å². The fourth-order valence-corrected chi connectivity index (χ4v) is 2.89. The number of nitrogens with zero attached hydrogens (tertiary/aromatic N) is 4. The average Bonchev–Trinajstić information content (AvgIpc) is 3.24. The molecule has 0 radical (unpaired) electrons. The fraction of sp³-hybridized carbons (Fsp3) is 0.588. The Morgan fingerprint density at radius 3 is 2.92 bits per heavy atom. The third-order valence-corrected chi connectivity index (χ3v) is 4.47. The minimum atomic E-state index is -0.250. The Morgan fingerprint density at radius 1 is 1.48 bits per heavy atom. The molecule has 8 heteroatoms. The van der Waals surface area contributed by atoms with Gasteiger partial charge in [0.05, 0.1) is 24.9 Å². The topological polar surface area (TPSA) is 96.4 Å². The lowest BCUT2D eigenvalue weighted by Gasteiger charge is -2.28. The summed E-state index contributed by atoms with van der Waals surface area (Å²) in [5.41, 5.74) is 1.38. The van der Waals surface area contributed by atoms with Gasteiger partial charge in [0.1, 0.15) is 0 Å². The summed E-state index contributed by atoms with van der Waals surface area (Å²) in [6.07, 6.45) is 5.08. The first-order valence-electron chi connectivity index (χ1n) is 8.66. The lowest BCUT2D eigenvalue weighted by atomic mass is 10.1. The summed E-state index contributed by atoms with van der Waals surface area (Å²) < 4.78 is 7.11. The van der Waals surface area contributed by atoms with Crippen LogP contribution in [0.5, 0.6) is 0 Å². The number of nitrogens with one attached hydrogen (secondary N) is 1. The molecule has 1 saturated heterocycles. The maximum Gasteiger partial charge on any atom is 0.273 e. The summed E-state index contributed by atoms with van der Waals surface area (Å²) in [5.74, 6) is 0.414. The maximum absolute atomic E-state index is 12.2. The predicted molar refractivity (Wildman–Crippen MR) is 91.0 cm³/mol. The van der Waals surface area contributed by atoms with Gasteiger partial charge in [-0.3, -0.25) is 14.4 Å². The van der Waals surface area contributed by atoms with Crippen molar-refractivity contribution in [1.29, 1.82) is 0 Å². The summed E-state index contributed by atoms with van der Waals surface area (Å²) >= 11 is 0. The van der Waals surface area contributed by atoms with Crippen molar-refractivity contribution in [2.75, 3.05) is 19.6 Å². The number of aliphatic hydroxyl groups is 1. The normalized spacial score (nSPS) is 17.6. The molecule has 0 saturated carbocycles. The van der Waals surface area contributed by atoms with Crippen molar-refractivity contribution < 1.29 is 14.4 Å². The van der Waals surface area contributed by atoms with Crippen LogP contribution in [-0.2, 0) is 6.54 Å². The van der Waals surface area contributed by atoms with E-state index in [1.54, 1.807) is 12.3 Å². The first-order chi connectivity index (χ1) is 12.0. The molecule has 2 N–H and O–H groups in total. The number of aromatic nitrogens is 3. The molecule has 1 unspecified atom stereocenters. The third kappa shape index (κ3) is 4.67. The minimum Gasteiger partial charge on any atom is -0.393 e. The van der Waals surface area contributed by atoms with Crippen LogP contribution >= 0.6 is 0 Å².